The van der Waals surface area contributed by atoms with Gasteiger partial charge in [0.15, 0.2) is 5.13 Å². The van der Waals surface area contributed by atoms with Gasteiger partial charge in [0.2, 0.25) is 0 Å². The maximum Gasteiger partial charge on any atom is 0.433 e. The quantitative estimate of drug-likeness (QED) is 0.602. The molecule has 3 aromatic rings. The van der Waals surface area contributed by atoms with Crippen LogP contribution in [0.15, 0.2) is 42.6 Å². The predicted molar refractivity (Wildman–Crippen MR) is 97.8 cm³/mol. The van der Waals surface area contributed by atoms with Crippen LogP contribution in [-0.4, -0.2) is 9.97 Å². The molecule has 0 amide bonds. The number of alkyl halides is 3. The van der Waals surface area contributed by atoms with E-state index in [1.165, 1.54) is 11.3 Å². The van der Waals surface area contributed by atoms with E-state index in [1.54, 1.807) is 30.3 Å². The van der Waals surface area contributed by atoms with E-state index in [0.717, 1.165) is 28.5 Å². The van der Waals surface area contributed by atoms with Crippen LogP contribution in [-0.2, 0) is 12.7 Å². The Bertz CT molecular complexity index is 968. The van der Waals surface area contributed by atoms with Crippen molar-refractivity contribution in [3.63, 3.8) is 0 Å². The van der Waals surface area contributed by atoms with Gasteiger partial charge in [-0.15, -0.1) is 11.3 Å². The number of halogens is 3. The van der Waals surface area contributed by atoms with Crippen LogP contribution >= 0.6 is 11.3 Å². The first-order valence-electron chi connectivity index (χ1n) is 8.02. The van der Waals surface area contributed by atoms with Gasteiger partial charge in [0, 0.05) is 16.8 Å². The van der Waals surface area contributed by atoms with Crippen molar-refractivity contribution >= 4 is 22.2 Å². The predicted octanol–water partition coefficient (Wildman–Crippen LogP) is 5.38. The first-order chi connectivity index (χ1) is 12.8. The number of rotatable bonds is 4. The number of hydrogen-bond donors (Lipinski definition) is 0. The van der Waals surface area contributed by atoms with E-state index in [0.29, 0.717) is 16.3 Å². The van der Waals surface area contributed by atoms with Crippen LogP contribution in [0.2, 0.25) is 0 Å². The molecule has 0 spiro atoms. The Hall–Kier alpha value is -2.92. The van der Waals surface area contributed by atoms with Crippen molar-refractivity contribution in [1.82, 2.24) is 9.97 Å². The fourth-order valence-electron chi connectivity index (χ4n) is 2.47. The molecule has 0 aliphatic heterocycles. The van der Waals surface area contributed by atoms with Crippen LogP contribution in [0.1, 0.15) is 27.4 Å². The molecule has 0 fully saturated rings. The second-order valence-corrected chi connectivity index (χ2v) is 7.11. The number of thiazole rings is 1. The van der Waals surface area contributed by atoms with Crippen LogP contribution < -0.4 is 4.90 Å². The zero-order valence-corrected chi connectivity index (χ0v) is 15.4. The van der Waals surface area contributed by atoms with Gasteiger partial charge in [-0.2, -0.15) is 18.4 Å². The molecule has 0 saturated carbocycles. The minimum Gasteiger partial charge on any atom is -0.313 e. The molecule has 4 nitrogen and oxygen atoms in total. The largest absolute Gasteiger partial charge is 0.433 e. The van der Waals surface area contributed by atoms with Crippen LogP contribution in [0.3, 0.4) is 0 Å². The van der Waals surface area contributed by atoms with Gasteiger partial charge in [0.05, 0.1) is 23.9 Å². The maximum absolute atomic E-state index is 13.0. The van der Waals surface area contributed by atoms with Gasteiger partial charge >= 0.3 is 6.18 Å². The second-order valence-electron chi connectivity index (χ2n) is 5.93. The van der Waals surface area contributed by atoms with Crippen molar-refractivity contribution in [1.29, 1.82) is 5.26 Å². The summed E-state index contributed by atoms with van der Waals surface area (Å²) in [5.41, 5.74) is 1.67. The van der Waals surface area contributed by atoms with Crippen molar-refractivity contribution in [2.24, 2.45) is 0 Å². The highest BCUT2D eigenvalue weighted by Gasteiger charge is 2.32. The second kappa shape index (κ2) is 7.37. The summed E-state index contributed by atoms with van der Waals surface area (Å²) in [5.74, 6) is 0. The molecular weight excluding hydrogens is 373 g/mol. The Morgan fingerprint density at radius 3 is 2.41 bits per heavy atom. The van der Waals surface area contributed by atoms with E-state index in [4.69, 9.17) is 5.26 Å². The van der Waals surface area contributed by atoms with E-state index >= 15 is 0 Å². The Kier molecular flexibility index (Phi) is 5.15. The highest BCUT2D eigenvalue weighted by atomic mass is 32.1. The molecule has 0 aliphatic rings. The van der Waals surface area contributed by atoms with Gasteiger partial charge in [0.25, 0.3) is 0 Å². The van der Waals surface area contributed by atoms with Crippen molar-refractivity contribution in [3.05, 3.63) is 70.0 Å². The van der Waals surface area contributed by atoms with E-state index in [1.807, 2.05) is 18.7 Å². The topological polar surface area (TPSA) is 52.8 Å². The Morgan fingerprint density at radius 2 is 1.85 bits per heavy atom. The number of aryl methyl sites for hydroxylation is 2. The smallest absolute Gasteiger partial charge is 0.313 e. The molecule has 2 heterocycles. The summed E-state index contributed by atoms with van der Waals surface area (Å²) >= 11 is 1.47. The zero-order chi connectivity index (χ0) is 19.6. The molecule has 8 heteroatoms. The van der Waals surface area contributed by atoms with Gasteiger partial charge in [-0.25, -0.2) is 4.98 Å². The lowest BCUT2D eigenvalue weighted by Gasteiger charge is -2.22. The van der Waals surface area contributed by atoms with Gasteiger partial charge < -0.3 is 4.90 Å². The normalized spacial score (nSPS) is 11.3. The minimum atomic E-state index is -4.50. The first-order valence-corrected chi connectivity index (χ1v) is 8.83. The third-order valence-corrected chi connectivity index (χ3v) is 5.11. The summed E-state index contributed by atoms with van der Waals surface area (Å²) in [6.07, 6.45) is -3.34. The summed E-state index contributed by atoms with van der Waals surface area (Å²) < 4.78 is 38.9. The van der Waals surface area contributed by atoms with Crippen LogP contribution in [0.4, 0.5) is 24.0 Å². The van der Waals surface area contributed by atoms with E-state index in [-0.39, 0.29) is 6.54 Å². The molecule has 2 aromatic heterocycles. The lowest BCUT2D eigenvalue weighted by molar-refractivity contribution is -0.141. The van der Waals surface area contributed by atoms with Crippen molar-refractivity contribution in [2.45, 2.75) is 26.6 Å². The molecule has 1 aromatic carbocycles. The highest BCUT2D eigenvalue weighted by Crippen LogP contribution is 2.34. The lowest BCUT2D eigenvalue weighted by Crippen LogP contribution is -2.17. The van der Waals surface area contributed by atoms with Crippen molar-refractivity contribution < 1.29 is 13.2 Å². The summed E-state index contributed by atoms with van der Waals surface area (Å²) in [7, 11) is 0. The number of anilines is 2. The summed E-state index contributed by atoms with van der Waals surface area (Å²) in [6.45, 7) is 4.03. The van der Waals surface area contributed by atoms with Crippen LogP contribution in [0, 0.1) is 25.2 Å². The average molecular weight is 388 g/mol. The van der Waals surface area contributed by atoms with Gasteiger partial charge in [-0.05, 0) is 55.8 Å². The number of nitriles is 1. The third-order valence-electron chi connectivity index (χ3n) is 4.01. The van der Waals surface area contributed by atoms with E-state index in [9.17, 15) is 13.2 Å². The third kappa shape index (κ3) is 4.26. The maximum atomic E-state index is 13.0. The van der Waals surface area contributed by atoms with Gasteiger partial charge in [0.1, 0.15) is 5.69 Å². The standard InChI is InChI=1S/C19H15F3N4S/c1-12-13(2)27-18(25-12)26(16-5-3-14(10-23)4-6-16)11-15-7-8-24-17(9-15)19(20,21)22/h3-9H,11H2,1-2H3. The fraction of sp³-hybridized carbons (Fsp3) is 0.211. The van der Waals surface area contributed by atoms with Crippen molar-refractivity contribution in [3.8, 4) is 6.07 Å². The Labute approximate surface area is 158 Å². The Morgan fingerprint density at radius 1 is 1.15 bits per heavy atom. The molecule has 0 N–H and O–H groups in total. The molecule has 0 bridgehead atoms. The SMILES string of the molecule is Cc1nc(N(Cc2ccnc(C(F)(F)F)c2)c2ccc(C#N)cc2)sc1C. The molecule has 3 rings (SSSR count). The molecule has 0 atom stereocenters. The number of hydrogen-bond acceptors (Lipinski definition) is 5. The van der Waals surface area contributed by atoms with Crippen molar-refractivity contribution in [2.75, 3.05) is 4.90 Å². The summed E-state index contributed by atoms with van der Waals surface area (Å²) in [4.78, 5) is 10.8. The average Bonchev–Trinajstić information content (AvgIpc) is 2.98. The molecular formula is C19H15F3N4S. The lowest BCUT2D eigenvalue weighted by atomic mass is 10.1. The fourth-order valence-corrected chi connectivity index (χ4v) is 3.40. The highest BCUT2D eigenvalue weighted by molar-refractivity contribution is 7.15. The van der Waals surface area contributed by atoms with Gasteiger partial charge in [-0.3, -0.25) is 4.98 Å². The molecule has 0 unspecified atom stereocenters. The monoisotopic (exact) mass is 388 g/mol. The number of pyridine rings is 1. The number of nitrogens with zero attached hydrogens (tertiary/aromatic N) is 4. The van der Waals surface area contributed by atoms with Crippen LogP contribution in [0.25, 0.3) is 0 Å². The number of aromatic nitrogens is 2. The zero-order valence-electron chi connectivity index (χ0n) is 14.6. The summed E-state index contributed by atoms with van der Waals surface area (Å²) in [5, 5.41) is 9.66. The molecule has 138 valence electrons. The molecule has 0 saturated heterocycles. The first kappa shape index (κ1) is 18.9. The summed E-state index contributed by atoms with van der Waals surface area (Å²) in [6, 6.07) is 11.5. The Balaban J connectivity index is 2.01. The van der Waals surface area contributed by atoms with Crippen LogP contribution in [0.5, 0.6) is 0 Å². The molecule has 0 aliphatic carbocycles. The van der Waals surface area contributed by atoms with E-state index < -0.39 is 11.9 Å². The van der Waals surface area contributed by atoms with Gasteiger partial charge in [-0.1, -0.05) is 0 Å². The molecule has 0 radical (unpaired) electrons. The number of benzene rings is 1. The molecule has 27 heavy (non-hydrogen) atoms. The minimum absolute atomic E-state index is 0.198. The van der Waals surface area contributed by atoms with E-state index in [2.05, 4.69) is 16.0 Å².